The Hall–Kier alpha value is -2.67. The SMILES string of the molecule is O=C(ON1C(=O)c2ccc(Br)cc2C1=O)N1CCC(Cc2ccccc2)CC1. The molecule has 2 aromatic carbocycles. The molecule has 2 aliphatic rings. The van der Waals surface area contributed by atoms with Gasteiger partial charge in [0.25, 0.3) is 11.8 Å². The average molecular weight is 443 g/mol. The minimum atomic E-state index is -0.660. The van der Waals surface area contributed by atoms with Crippen molar-refractivity contribution < 1.29 is 19.2 Å². The van der Waals surface area contributed by atoms with Crippen molar-refractivity contribution in [3.05, 3.63) is 69.7 Å². The number of hydrogen-bond donors (Lipinski definition) is 0. The van der Waals surface area contributed by atoms with E-state index in [1.807, 2.05) is 18.2 Å². The lowest BCUT2D eigenvalue weighted by Gasteiger charge is -2.31. The molecule has 1 saturated heterocycles. The van der Waals surface area contributed by atoms with Crippen LogP contribution >= 0.6 is 15.9 Å². The van der Waals surface area contributed by atoms with Crippen LogP contribution in [0, 0.1) is 5.92 Å². The lowest BCUT2D eigenvalue weighted by Crippen LogP contribution is -2.43. The van der Waals surface area contributed by atoms with E-state index >= 15 is 0 Å². The maximum atomic E-state index is 12.5. The molecule has 2 aromatic rings. The molecule has 3 amide bonds. The van der Waals surface area contributed by atoms with Gasteiger partial charge in [0.05, 0.1) is 11.1 Å². The molecule has 28 heavy (non-hydrogen) atoms. The van der Waals surface area contributed by atoms with Gasteiger partial charge in [0.2, 0.25) is 0 Å². The first-order valence-corrected chi connectivity index (χ1v) is 10.0. The van der Waals surface area contributed by atoms with E-state index in [2.05, 4.69) is 28.1 Å². The van der Waals surface area contributed by atoms with Crippen LogP contribution < -0.4 is 0 Å². The van der Waals surface area contributed by atoms with Gasteiger partial charge in [-0.1, -0.05) is 51.3 Å². The zero-order valence-corrected chi connectivity index (χ0v) is 16.7. The molecular weight excluding hydrogens is 424 g/mol. The van der Waals surface area contributed by atoms with Gasteiger partial charge in [-0.05, 0) is 48.9 Å². The molecule has 0 bridgehead atoms. The quantitative estimate of drug-likeness (QED) is 0.672. The fourth-order valence-electron chi connectivity index (χ4n) is 3.68. The maximum absolute atomic E-state index is 12.5. The summed E-state index contributed by atoms with van der Waals surface area (Å²) < 4.78 is 0.682. The number of likely N-dealkylation sites (tertiary alicyclic amines) is 1. The van der Waals surface area contributed by atoms with Crippen molar-refractivity contribution in [1.82, 2.24) is 9.96 Å². The minimum Gasteiger partial charge on any atom is -0.310 e. The highest BCUT2D eigenvalue weighted by Crippen LogP contribution is 2.27. The Bertz CT molecular complexity index is 923. The van der Waals surface area contributed by atoms with E-state index in [0.29, 0.717) is 28.5 Å². The standard InChI is InChI=1S/C21H19BrN2O4/c22-16-6-7-17-18(13-16)20(26)24(19(17)25)28-21(27)23-10-8-15(9-11-23)12-14-4-2-1-3-5-14/h1-7,13,15H,8-12H2. The van der Waals surface area contributed by atoms with Crippen molar-refractivity contribution in [3.8, 4) is 0 Å². The van der Waals surface area contributed by atoms with Gasteiger partial charge in [-0.25, -0.2) is 4.79 Å². The van der Waals surface area contributed by atoms with E-state index in [0.717, 1.165) is 19.3 Å². The average Bonchev–Trinajstić information content (AvgIpc) is 2.93. The molecule has 0 atom stereocenters. The number of carbonyl (C=O) groups is 3. The fraction of sp³-hybridized carbons (Fsp3) is 0.286. The molecule has 0 saturated carbocycles. The van der Waals surface area contributed by atoms with Crippen molar-refractivity contribution in [2.45, 2.75) is 19.3 Å². The smallest absolute Gasteiger partial charge is 0.310 e. The van der Waals surface area contributed by atoms with Gasteiger partial charge in [-0.3, -0.25) is 9.59 Å². The summed E-state index contributed by atoms with van der Waals surface area (Å²) in [6.07, 6.45) is 2.04. The van der Waals surface area contributed by atoms with Crippen LogP contribution in [0.5, 0.6) is 0 Å². The molecule has 0 N–H and O–H groups in total. The summed E-state index contributed by atoms with van der Waals surface area (Å²) in [5.74, 6) is -0.725. The van der Waals surface area contributed by atoms with Gasteiger partial charge in [0.1, 0.15) is 0 Å². The Balaban J connectivity index is 1.34. The Morgan fingerprint density at radius 2 is 1.68 bits per heavy atom. The molecule has 1 fully saturated rings. The van der Waals surface area contributed by atoms with Gasteiger partial charge in [0, 0.05) is 17.6 Å². The van der Waals surface area contributed by atoms with Crippen molar-refractivity contribution >= 4 is 33.8 Å². The lowest BCUT2D eigenvalue weighted by atomic mass is 9.90. The first-order valence-electron chi connectivity index (χ1n) is 9.22. The summed E-state index contributed by atoms with van der Waals surface area (Å²) >= 11 is 3.28. The Labute approximate surface area is 171 Å². The van der Waals surface area contributed by atoms with E-state index in [4.69, 9.17) is 4.84 Å². The predicted molar refractivity (Wildman–Crippen MR) is 106 cm³/mol. The van der Waals surface area contributed by atoms with Crippen LogP contribution in [0.3, 0.4) is 0 Å². The second kappa shape index (κ2) is 7.75. The number of imide groups is 1. The molecule has 2 aliphatic heterocycles. The summed E-state index contributed by atoms with van der Waals surface area (Å²) in [5, 5.41) is 0.565. The Morgan fingerprint density at radius 1 is 1.00 bits per heavy atom. The zero-order chi connectivity index (χ0) is 19.7. The van der Waals surface area contributed by atoms with Gasteiger partial charge < -0.3 is 9.74 Å². The number of rotatable bonds is 3. The number of hydrogen-bond acceptors (Lipinski definition) is 4. The van der Waals surface area contributed by atoms with Crippen LogP contribution in [0.1, 0.15) is 39.1 Å². The van der Waals surface area contributed by atoms with Crippen LogP contribution in [-0.4, -0.2) is 41.0 Å². The molecule has 144 valence electrons. The largest absolute Gasteiger partial charge is 0.434 e. The molecule has 4 rings (SSSR count). The summed E-state index contributed by atoms with van der Waals surface area (Å²) in [5.41, 5.74) is 1.76. The number of piperidine rings is 1. The molecule has 6 nitrogen and oxygen atoms in total. The Morgan fingerprint density at radius 3 is 2.39 bits per heavy atom. The number of hydroxylamine groups is 2. The molecule has 7 heteroatoms. The van der Waals surface area contributed by atoms with Crippen LogP contribution in [0.2, 0.25) is 0 Å². The minimum absolute atomic E-state index is 0.230. The van der Waals surface area contributed by atoms with E-state index in [-0.39, 0.29) is 11.1 Å². The third kappa shape index (κ3) is 3.67. The molecule has 0 radical (unpaired) electrons. The number of carbonyl (C=O) groups excluding carboxylic acids is 3. The molecular formula is C21H19BrN2O4. The second-order valence-corrected chi connectivity index (χ2v) is 7.99. The van der Waals surface area contributed by atoms with Crippen LogP contribution in [0.25, 0.3) is 0 Å². The van der Waals surface area contributed by atoms with Gasteiger partial charge in [-0.2, -0.15) is 0 Å². The summed E-state index contributed by atoms with van der Waals surface area (Å²) in [4.78, 5) is 44.0. The highest BCUT2D eigenvalue weighted by molar-refractivity contribution is 9.10. The van der Waals surface area contributed by atoms with Crippen molar-refractivity contribution in [2.75, 3.05) is 13.1 Å². The summed E-state index contributed by atoms with van der Waals surface area (Å²) in [6.45, 7) is 1.09. The molecule has 0 spiro atoms. The van der Waals surface area contributed by atoms with Crippen molar-refractivity contribution in [3.63, 3.8) is 0 Å². The third-order valence-corrected chi connectivity index (χ3v) is 5.71. The normalized spacial score (nSPS) is 17.0. The monoisotopic (exact) mass is 442 g/mol. The third-order valence-electron chi connectivity index (χ3n) is 5.22. The zero-order valence-electron chi connectivity index (χ0n) is 15.1. The van der Waals surface area contributed by atoms with E-state index in [1.165, 1.54) is 5.56 Å². The molecule has 0 aromatic heterocycles. The first kappa shape index (κ1) is 18.7. The van der Waals surface area contributed by atoms with E-state index in [1.54, 1.807) is 23.1 Å². The van der Waals surface area contributed by atoms with Crippen molar-refractivity contribution in [2.24, 2.45) is 5.92 Å². The number of benzene rings is 2. The van der Waals surface area contributed by atoms with Crippen LogP contribution in [0.15, 0.2) is 53.0 Å². The predicted octanol–water partition coefficient (Wildman–Crippen LogP) is 4.05. The highest BCUT2D eigenvalue weighted by Gasteiger charge is 2.40. The van der Waals surface area contributed by atoms with E-state index in [9.17, 15) is 14.4 Å². The van der Waals surface area contributed by atoms with Gasteiger partial charge >= 0.3 is 6.09 Å². The first-order chi connectivity index (χ1) is 13.5. The lowest BCUT2D eigenvalue weighted by molar-refractivity contribution is -0.0594. The molecule has 0 unspecified atom stereocenters. The topological polar surface area (TPSA) is 66.9 Å². The maximum Gasteiger partial charge on any atom is 0.434 e. The molecule has 2 heterocycles. The van der Waals surface area contributed by atoms with Crippen LogP contribution in [0.4, 0.5) is 4.79 Å². The molecule has 0 aliphatic carbocycles. The number of halogens is 1. The summed E-state index contributed by atoms with van der Waals surface area (Å²) in [6, 6.07) is 15.1. The van der Waals surface area contributed by atoms with Gasteiger partial charge in [-0.15, -0.1) is 0 Å². The summed E-state index contributed by atoms with van der Waals surface area (Å²) in [7, 11) is 0. The fourth-order valence-corrected chi connectivity index (χ4v) is 4.04. The number of fused-ring (bicyclic) bond motifs is 1. The number of nitrogens with zero attached hydrogens (tertiary/aromatic N) is 2. The van der Waals surface area contributed by atoms with Crippen LogP contribution in [-0.2, 0) is 11.3 Å². The van der Waals surface area contributed by atoms with E-state index < -0.39 is 17.9 Å². The van der Waals surface area contributed by atoms with Crippen molar-refractivity contribution in [1.29, 1.82) is 0 Å². The highest BCUT2D eigenvalue weighted by atomic mass is 79.9. The van der Waals surface area contributed by atoms with Gasteiger partial charge in [0.15, 0.2) is 0 Å². The Kier molecular flexibility index (Phi) is 5.17. The second-order valence-electron chi connectivity index (χ2n) is 7.07. The number of amides is 3.